The van der Waals surface area contributed by atoms with Crippen LogP contribution in [-0.2, 0) is 11.3 Å². The molecule has 148 valence electrons. The van der Waals surface area contributed by atoms with Crippen LogP contribution >= 0.6 is 11.8 Å². The van der Waals surface area contributed by atoms with E-state index < -0.39 is 11.9 Å². The van der Waals surface area contributed by atoms with E-state index in [2.05, 4.69) is 35.1 Å². The molecule has 0 radical (unpaired) electrons. The number of aliphatic carboxylic acids is 1. The molecule has 0 fully saturated rings. The Morgan fingerprint density at radius 3 is 2.39 bits per heavy atom. The van der Waals surface area contributed by atoms with Gasteiger partial charge in [-0.15, -0.1) is 11.8 Å². The summed E-state index contributed by atoms with van der Waals surface area (Å²) in [6, 6.07) is 14.4. The van der Waals surface area contributed by atoms with E-state index in [9.17, 15) is 9.90 Å². The molecule has 3 aromatic rings. The van der Waals surface area contributed by atoms with E-state index in [-0.39, 0.29) is 5.92 Å². The molecule has 0 amide bonds. The second-order valence-corrected chi connectivity index (χ2v) is 8.26. The molecule has 2 aromatic carbocycles. The molecule has 1 N–H and O–H groups in total. The van der Waals surface area contributed by atoms with Crippen molar-refractivity contribution in [2.45, 2.75) is 38.1 Å². The Balaban J connectivity index is 2.19. The Kier molecular flexibility index (Phi) is 6.04. The molecule has 1 unspecified atom stereocenters. The normalized spacial score (nSPS) is 12.5. The quantitative estimate of drug-likeness (QED) is 0.531. The number of carboxylic acid groups (broad SMARTS) is 1. The molecule has 1 atom stereocenters. The van der Waals surface area contributed by atoms with Crippen molar-refractivity contribution in [3.8, 4) is 5.75 Å². The Morgan fingerprint density at radius 2 is 1.86 bits per heavy atom. The van der Waals surface area contributed by atoms with Crippen molar-refractivity contribution in [2.24, 2.45) is 5.92 Å². The fourth-order valence-electron chi connectivity index (χ4n) is 3.87. The molecule has 1 heterocycles. The highest BCUT2D eigenvalue weighted by atomic mass is 32.2. The number of hydrogen-bond donors (Lipinski definition) is 1. The standard InChI is InChI=1S/C23H27NO3S/c1-14(2)21(23(25)26)22-15(3)24(13-16-6-9-18(28-5)10-7-16)20-11-8-17(27-4)12-19(20)22/h6-12,14,21H,13H2,1-5H3,(H,25,26). The minimum Gasteiger partial charge on any atom is -0.497 e. The SMILES string of the molecule is COc1ccc2c(c1)c(C(C(=O)O)C(C)C)c(C)n2Cc1ccc(SC)cc1. The minimum atomic E-state index is -0.788. The molecule has 0 aliphatic carbocycles. The summed E-state index contributed by atoms with van der Waals surface area (Å²) in [5, 5.41) is 10.9. The molecule has 3 rings (SSSR count). The maximum absolute atomic E-state index is 12.1. The van der Waals surface area contributed by atoms with Gasteiger partial charge in [0, 0.05) is 28.0 Å². The van der Waals surface area contributed by atoms with E-state index in [1.807, 2.05) is 39.0 Å². The van der Waals surface area contributed by atoms with Crippen molar-refractivity contribution in [3.63, 3.8) is 0 Å². The molecule has 28 heavy (non-hydrogen) atoms. The predicted molar refractivity (Wildman–Crippen MR) is 116 cm³/mol. The monoisotopic (exact) mass is 397 g/mol. The van der Waals surface area contributed by atoms with Gasteiger partial charge in [0.2, 0.25) is 0 Å². The fraction of sp³-hybridized carbons (Fsp3) is 0.348. The summed E-state index contributed by atoms with van der Waals surface area (Å²) in [4.78, 5) is 13.3. The number of carbonyl (C=O) groups is 1. The molecular formula is C23H27NO3S. The van der Waals surface area contributed by atoms with Crippen molar-refractivity contribution >= 4 is 28.6 Å². The first-order chi connectivity index (χ1) is 13.4. The summed E-state index contributed by atoms with van der Waals surface area (Å²) in [5.74, 6) is -0.621. The lowest BCUT2D eigenvalue weighted by molar-refractivity contribution is -0.139. The number of aromatic nitrogens is 1. The second-order valence-electron chi connectivity index (χ2n) is 7.38. The average molecular weight is 398 g/mol. The van der Waals surface area contributed by atoms with E-state index in [0.717, 1.165) is 27.9 Å². The van der Waals surface area contributed by atoms with Crippen molar-refractivity contribution < 1.29 is 14.6 Å². The molecule has 0 aliphatic rings. The van der Waals surface area contributed by atoms with Gasteiger partial charge in [-0.1, -0.05) is 26.0 Å². The van der Waals surface area contributed by atoms with Gasteiger partial charge in [-0.25, -0.2) is 0 Å². The Morgan fingerprint density at radius 1 is 1.18 bits per heavy atom. The topological polar surface area (TPSA) is 51.5 Å². The van der Waals surface area contributed by atoms with E-state index in [0.29, 0.717) is 6.54 Å². The highest BCUT2D eigenvalue weighted by Crippen LogP contribution is 2.38. The molecule has 0 aliphatic heterocycles. The third-order valence-corrected chi connectivity index (χ3v) is 6.07. The molecule has 0 bridgehead atoms. The lowest BCUT2D eigenvalue weighted by Gasteiger charge is -2.18. The highest BCUT2D eigenvalue weighted by molar-refractivity contribution is 7.98. The summed E-state index contributed by atoms with van der Waals surface area (Å²) >= 11 is 1.72. The van der Waals surface area contributed by atoms with Gasteiger partial charge in [0.05, 0.1) is 13.0 Å². The lowest BCUT2D eigenvalue weighted by Crippen LogP contribution is -2.18. The summed E-state index contributed by atoms with van der Waals surface area (Å²) in [6.07, 6.45) is 2.07. The number of methoxy groups -OCH3 is 1. The summed E-state index contributed by atoms with van der Waals surface area (Å²) in [5.41, 5.74) is 4.11. The first-order valence-corrected chi connectivity index (χ1v) is 10.6. The van der Waals surface area contributed by atoms with Crippen LogP contribution in [0.4, 0.5) is 0 Å². The van der Waals surface area contributed by atoms with Crippen LogP contribution in [0.2, 0.25) is 0 Å². The van der Waals surface area contributed by atoms with Gasteiger partial charge < -0.3 is 14.4 Å². The van der Waals surface area contributed by atoms with Gasteiger partial charge in [0.1, 0.15) is 5.75 Å². The fourth-order valence-corrected chi connectivity index (χ4v) is 4.27. The van der Waals surface area contributed by atoms with Crippen LogP contribution in [0.5, 0.6) is 5.75 Å². The van der Waals surface area contributed by atoms with E-state index >= 15 is 0 Å². The molecule has 0 saturated carbocycles. The largest absolute Gasteiger partial charge is 0.497 e. The van der Waals surface area contributed by atoms with Crippen molar-refractivity contribution in [1.29, 1.82) is 0 Å². The van der Waals surface area contributed by atoms with E-state index in [4.69, 9.17) is 4.74 Å². The zero-order chi connectivity index (χ0) is 20.4. The molecule has 1 aromatic heterocycles. The summed E-state index contributed by atoms with van der Waals surface area (Å²) in [7, 11) is 1.63. The predicted octanol–water partition coefficient (Wildman–Crippen LogP) is 5.55. The number of benzene rings is 2. The second kappa shape index (κ2) is 8.31. The number of fused-ring (bicyclic) bond motifs is 1. The van der Waals surface area contributed by atoms with E-state index in [1.165, 1.54) is 10.5 Å². The molecule has 5 heteroatoms. The maximum Gasteiger partial charge on any atom is 0.311 e. The van der Waals surface area contributed by atoms with Gasteiger partial charge in [0.25, 0.3) is 0 Å². The van der Waals surface area contributed by atoms with Gasteiger partial charge in [-0.05, 0) is 60.6 Å². The van der Waals surface area contributed by atoms with Crippen LogP contribution in [0, 0.1) is 12.8 Å². The zero-order valence-electron chi connectivity index (χ0n) is 17.0. The van der Waals surface area contributed by atoms with Crippen LogP contribution < -0.4 is 4.74 Å². The van der Waals surface area contributed by atoms with Gasteiger partial charge in [-0.3, -0.25) is 4.79 Å². The number of nitrogens with zero attached hydrogens (tertiary/aromatic N) is 1. The van der Waals surface area contributed by atoms with E-state index in [1.54, 1.807) is 18.9 Å². The molecule has 4 nitrogen and oxygen atoms in total. The average Bonchev–Trinajstić information content (AvgIpc) is 2.93. The van der Waals surface area contributed by atoms with Crippen LogP contribution in [0.15, 0.2) is 47.4 Å². The number of rotatable bonds is 7. The van der Waals surface area contributed by atoms with Gasteiger partial charge in [0.15, 0.2) is 0 Å². The Labute approximate surface area is 170 Å². The highest BCUT2D eigenvalue weighted by Gasteiger charge is 2.30. The number of thioether (sulfide) groups is 1. The molecular weight excluding hydrogens is 370 g/mol. The number of ether oxygens (including phenoxy) is 1. The van der Waals surface area contributed by atoms with Crippen LogP contribution in [0.25, 0.3) is 10.9 Å². The number of carboxylic acids is 1. The molecule has 0 saturated heterocycles. The Hall–Kier alpha value is -2.40. The number of hydrogen-bond acceptors (Lipinski definition) is 3. The van der Waals surface area contributed by atoms with Crippen LogP contribution in [0.1, 0.15) is 36.6 Å². The smallest absolute Gasteiger partial charge is 0.311 e. The van der Waals surface area contributed by atoms with Gasteiger partial charge >= 0.3 is 5.97 Å². The third-order valence-electron chi connectivity index (χ3n) is 5.32. The van der Waals surface area contributed by atoms with Gasteiger partial charge in [-0.2, -0.15) is 0 Å². The van der Waals surface area contributed by atoms with Crippen molar-refractivity contribution in [1.82, 2.24) is 4.57 Å². The summed E-state index contributed by atoms with van der Waals surface area (Å²) < 4.78 is 7.63. The van der Waals surface area contributed by atoms with Crippen LogP contribution in [0.3, 0.4) is 0 Å². The first-order valence-electron chi connectivity index (χ1n) is 9.39. The lowest BCUT2D eigenvalue weighted by atomic mass is 9.86. The Bertz CT molecular complexity index is 989. The maximum atomic E-state index is 12.1. The zero-order valence-corrected chi connectivity index (χ0v) is 17.8. The summed E-state index contributed by atoms with van der Waals surface area (Å²) in [6.45, 7) is 6.65. The van der Waals surface area contributed by atoms with Crippen molar-refractivity contribution in [3.05, 3.63) is 59.3 Å². The van der Waals surface area contributed by atoms with Crippen LogP contribution in [-0.4, -0.2) is 29.0 Å². The first kappa shape index (κ1) is 20.3. The minimum absolute atomic E-state index is 0.0117. The third kappa shape index (κ3) is 3.76. The molecule has 0 spiro atoms. The van der Waals surface area contributed by atoms with Crippen molar-refractivity contribution in [2.75, 3.05) is 13.4 Å².